The zero-order chi connectivity index (χ0) is 23.5. The Morgan fingerprint density at radius 1 is 1.30 bits per heavy atom. The summed E-state index contributed by atoms with van der Waals surface area (Å²) in [6.07, 6.45) is 6.26. The summed E-state index contributed by atoms with van der Waals surface area (Å²) in [4.78, 5) is 24.3. The fraction of sp³-hybridized carbons (Fsp3) is 0.318. The monoisotopic (exact) mass is 482 g/mol. The van der Waals surface area contributed by atoms with E-state index in [0.29, 0.717) is 41.2 Å². The van der Waals surface area contributed by atoms with E-state index in [9.17, 15) is 15.3 Å². The summed E-state index contributed by atoms with van der Waals surface area (Å²) in [6, 6.07) is 7.56. The first kappa shape index (κ1) is 22.8. The first-order valence-corrected chi connectivity index (χ1v) is 11.1. The van der Waals surface area contributed by atoms with Crippen molar-refractivity contribution >= 4 is 40.1 Å². The van der Waals surface area contributed by atoms with Crippen LogP contribution >= 0.6 is 23.2 Å². The zero-order valence-electron chi connectivity index (χ0n) is 17.6. The van der Waals surface area contributed by atoms with Crippen molar-refractivity contribution in [2.45, 2.75) is 32.0 Å². The molecule has 3 aromatic heterocycles. The molecule has 0 radical (unpaired) electrons. The molecule has 0 spiro atoms. The molecular weight excluding hydrogens is 463 g/mol. The van der Waals surface area contributed by atoms with E-state index in [1.807, 2.05) is 4.90 Å². The Kier molecular flexibility index (Phi) is 6.66. The van der Waals surface area contributed by atoms with Gasteiger partial charge in [0, 0.05) is 31.9 Å². The van der Waals surface area contributed by atoms with Gasteiger partial charge in [-0.25, -0.2) is 4.98 Å². The minimum Gasteiger partial charge on any atom is -0.355 e. The second kappa shape index (κ2) is 9.63. The van der Waals surface area contributed by atoms with E-state index in [2.05, 4.69) is 22.1 Å². The molecule has 11 heteroatoms. The van der Waals surface area contributed by atoms with Gasteiger partial charge in [0.2, 0.25) is 0 Å². The Labute approximate surface area is 199 Å². The highest BCUT2D eigenvalue weighted by atomic mass is 35.5. The molecule has 4 heterocycles. The number of nitriles is 2. The van der Waals surface area contributed by atoms with Gasteiger partial charge in [0.25, 0.3) is 5.56 Å². The van der Waals surface area contributed by atoms with Crippen LogP contribution in [0.15, 0.2) is 40.0 Å². The lowest BCUT2D eigenvalue weighted by molar-refractivity contribution is 0.499. The average molecular weight is 483 g/mol. The normalized spacial score (nSPS) is 15.8. The fourth-order valence-electron chi connectivity index (χ4n) is 4.16. The van der Waals surface area contributed by atoms with Crippen LogP contribution in [0, 0.1) is 22.7 Å². The number of piperidine rings is 1. The zero-order valence-corrected chi connectivity index (χ0v) is 19.1. The van der Waals surface area contributed by atoms with Crippen molar-refractivity contribution in [3.63, 3.8) is 0 Å². The van der Waals surface area contributed by atoms with E-state index >= 15 is 0 Å². The van der Waals surface area contributed by atoms with Crippen LogP contribution in [0.4, 0.5) is 5.82 Å². The van der Waals surface area contributed by atoms with Crippen LogP contribution in [-0.4, -0.2) is 38.2 Å². The molecule has 0 aromatic carbocycles. The van der Waals surface area contributed by atoms with Gasteiger partial charge in [0.05, 0.1) is 24.1 Å². The van der Waals surface area contributed by atoms with Gasteiger partial charge in [0.1, 0.15) is 39.0 Å². The van der Waals surface area contributed by atoms with Gasteiger partial charge in [-0.1, -0.05) is 23.2 Å². The molecule has 9 nitrogen and oxygen atoms in total. The minimum absolute atomic E-state index is 0.0397. The summed E-state index contributed by atoms with van der Waals surface area (Å²) in [6.45, 7) is 1.49. The van der Waals surface area contributed by atoms with E-state index in [1.54, 1.807) is 29.0 Å². The molecular formula is C22H20Cl2N8O. The van der Waals surface area contributed by atoms with Crippen molar-refractivity contribution in [3.05, 3.63) is 62.4 Å². The van der Waals surface area contributed by atoms with E-state index in [-0.39, 0.29) is 34.7 Å². The number of nitrogens with zero attached hydrogens (tertiary/aromatic N) is 7. The summed E-state index contributed by atoms with van der Waals surface area (Å²) in [5, 5.41) is 19.3. The number of rotatable bonds is 5. The average Bonchev–Trinajstić information content (AvgIpc) is 3.13. The lowest BCUT2D eigenvalue weighted by atomic mass is 10.1. The lowest BCUT2D eigenvalue weighted by Gasteiger charge is -2.33. The molecule has 0 saturated carbocycles. The van der Waals surface area contributed by atoms with Gasteiger partial charge in [-0.15, -0.1) is 0 Å². The second-order valence-corrected chi connectivity index (χ2v) is 8.76. The summed E-state index contributed by atoms with van der Waals surface area (Å²) in [7, 11) is 0. The predicted octanol–water partition coefficient (Wildman–Crippen LogP) is 2.63. The number of anilines is 1. The van der Waals surface area contributed by atoms with Crippen LogP contribution in [0.2, 0.25) is 0 Å². The van der Waals surface area contributed by atoms with E-state index in [1.165, 1.54) is 10.9 Å². The van der Waals surface area contributed by atoms with E-state index < -0.39 is 0 Å². The SMILES string of the molecule is N#Cc1cccnc1Cn1cnc2c(C#N)c(N3CCC[C@H](N)C3)n(CC=C(Cl)Cl)c2c1=O. The maximum Gasteiger partial charge on any atom is 0.278 e. The van der Waals surface area contributed by atoms with Crippen molar-refractivity contribution in [3.8, 4) is 12.1 Å². The van der Waals surface area contributed by atoms with Crippen molar-refractivity contribution in [2.24, 2.45) is 5.73 Å². The Bertz CT molecular complexity index is 1370. The third kappa shape index (κ3) is 4.44. The Morgan fingerprint density at radius 2 is 2.12 bits per heavy atom. The van der Waals surface area contributed by atoms with E-state index in [4.69, 9.17) is 28.9 Å². The lowest BCUT2D eigenvalue weighted by Crippen LogP contribution is -2.44. The smallest absolute Gasteiger partial charge is 0.278 e. The Hall–Kier alpha value is -3.37. The Balaban J connectivity index is 1.93. The maximum atomic E-state index is 13.6. The largest absolute Gasteiger partial charge is 0.355 e. The van der Waals surface area contributed by atoms with Crippen LogP contribution in [0.1, 0.15) is 29.7 Å². The van der Waals surface area contributed by atoms with Gasteiger partial charge in [-0.3, -0.25) is 14.3 Å². The van der Waals surface area contributed by atoms with Crippen LogP contribution < -0.4 is 16.2 Å². The number of halogens is 2. The quantitative estimate of drug-likeness (QED) is 0.591. The first-order chi connectivity index (χ1) is 15.9. The highest BCUT2D eigenvalue weighted by Gasteiger charge is 2.28. The summed E-state index contributed by atoms with van der Waals surface area (Å²) in [5.74, 6) is 0.575. The Morgan fingerprint density at radius 3 is 2.82 bits per heavy atom. The number of nitrogens with two attached hydrogens (primary N) is 1. The minimum atomic E-state index is -0.363. The number of fused-ring (bicyclic) bond motifs is 1. The number of pyridine rings is 1. The van der Waals surface area contributed by atoms with Crippen LogP contribution in [0.3, 0.4) is 0 Å². The van der Waals surface area contributed by atoms with Gasteiger partial charge in [-0.05, 0) is 31.1 Å². The number of aromatic nitrogens is 4. The molecule has 4 rings (SSSR count). The molecule has 168 valence electrons. The first-order valence-electron chi connectivity index (χ1n) is 10.3. The molecule has 33 heavy (non-hydrogen) atoms. The number of hydrogen-bond acceptors (Lipinski definition) is 7. The molecule has 0 aliphatic carbocycles. The molecule has 1 aliphatic rings. The maximum absolute atomic E-state index is 13.6. The van der Waals surface area contributed by atoms with Gasteiger partial charge in [0.15, 0.2) is 0 Å². The highest BCUT2D eigenvalue weighted by molar-refractivity contribution is 6.55. The number of allylic oxidation sites excluding steroid dienone is 1. The third-order valence-electron chi connectivity index (χ3n) is 5.63. The van der Waals surface area contributed by atoms with Crippen LogP contribution in [0.25, 0.3) is 11.0 Å². The van der Waals surface area contributed by atoms with Crippen molar-refractivity contribution in [1.29, 1.82) is 10.5 Å². The van der Waals surface area contributed by atoms with Gasteiger partial charge in [-0.2, -0.15) is 10.5 Å². The summed E-state index contributed by atoms with van der Waals surface area (Å²) < 4.78 is 3.14. The molecule has 1 aliphatic heterocycles. The van der Waals surface area contributed by atoms with Gasteiger partial charge >= 0.3 is 0 Å². The molecule has 0 unspecified atom stereocenters. The molecule has 1 atom stereocenters. The van der Waals surface area contributed by atoms with Crippen LogP contribution in [-0.2, 0) is 13.1 Å². The summed E-state index contributed by atoms with van der Waals surface area (Å²) in [5.41, 5.74) is 7.50. The molecule has 0 bridgehead atoms. The fourth-order valence-corrected chi connectivity index (χ4v) is 4.30. The van der Waals surface area contributed by atoms with Crippen LogP contribution in [0.5, 0.6) is 0 Å². The topological polar surface area (TPSA) is 130 Å². The van der Waals surface area contributed by atoms with Crippen molar-refractivity contribution in [2.75, 3.05) is 18.0 Å². The predicted molar refractivity (Wildman–Crippen MR) is 126 cm³/mol. The highest BCUT2D eigenvalue weighted by Crippen LogP contribution is 2.32. The third-order valence-corrected chi connectivity index (χ3v) is 5.94. The van der Waals surface area contributed by atoms with Crippen molar-refractivity contribution in [1.82, 2.24) is 19.1 Å². The second-order valence-electron chi connectivity index (χ2n) is 7.75. The molecule has 0 amide bonds. The van der Waals surface area contributed by atoms with Gasteiger partial charge < -0.3 is 15.2 Å². The molecule has 1 saturated heterocycles. The molecule has 3 aromatic rings. The molecule has 1 fully saturated rings. The number of hydrogen-bond donors (Lipinski definition) is 1. The molecule has 2 N–H and O–H groups in total. The standard InChI is InChI=1S/C22H20Cl2N8O/c23-18(24)5-8-32-20-19(16(10-26)21(32)30-7-2-4-15(27)11-30)29-13-31(22(20)33)12-17-14(9-25)3-1-6-28-17/h1,3,5-6,13,15H,2,4,7-8,11-12,27H2/t15-/m0/s1. The van der Waals surface area contributed by atoms with E-state index in [0.717, 1.165) is 12.8 Å². The van der Waals surface area contributed by atoms with Crippen molar-refractivity contribution < 1.29 is 0 Å². The summed E-state index contributed by atoms with van der Waals surface area (Å²) >= 11 is 11.7.